The Morgan fingerprint density at radius 3 is 2.64 bits per heavy atom. The summed E-state index contributed by atoms with van der Waals surface area (Å²) in [6.07, 6.45) is 4.54. The summed E-state index contributed by atoms with van der Waals surface area (Å²) in [5.74, 6) is 0.00496. The molecule has 1 aliphatic carbocycles. The summed E-state index contributed by atoms with van der Waals surface area (Å²) in [4.78, 5) is 26.1. The van der Waals surface area contributed by atoms with Gasteiger partial charge in [0.1, 0.15) is 5.82 Å². The van der Waals surface area contributed by atoms with Gasteiger partial charge in [0.25, 0.3) is 0 Å². The van der Waals surface area contributed by atoms with Gasteiger partial charge < -0.3 is 15.5 Å². The second-order valence-corrected chi connectivity index (χ2v) is 7.12. The number of carbonyl (C=O) groups excluding carboxylic acids is 2. The van der Waals surface area contributed by atoms with Crippen molar-refractivity contribution in [2.45, 2.75) is 39.0 Å². The number of benzene rings is 1. The first-order valence-corrected chi connectivity index (χ1v) is 9.16. The number of rotatable bonds is 6. The van der Waals surface area contributed by atoms with Crippen molar-refractivity contribution in [1.82, 2.24) is 5.32 Å². The van der Waals surface area contributed by atoms with Gasteiger partial charge in [0.2, 0.25) is 11.8 Å². The average Bonchev–Trinajstić information content (AvgIpc) is 3.33. The fraction of sp³-hybridized carbons (Fsp3) is 0.579. The van der Waals surface area contributed by atoms with E-state index in [-0.39, 0.29) is 30.0 Å². The largest absolute Gasteiger partial charge is 0.370 e. The average molecular weight is 347 g/mol. The Labute approximate surface area is 148 Å². The van der Waals surface area contributed by atoms with Crippen LogP contribution in [0, 0.1) is 17.7 Å². The van der Waals surface area contributed by atoms with E-state index in [1.807, 2.05) is 6.92 Å². The number of nitrogens with one attached hydrogen (secondary N) is 2. The van der Waals surface area contributed by atoms with Crippen molar-refractivity contribution in [3.63, 3.8) is 0 Å². The van der Waals surface area contributed by atoms with Crippen LogP contribution in [-0.4, -0.2) is 31.4 Å². The second kappa shape index (κ2) is 7.85. The van der Waals surface area contributed by atoms with Gasteiger partial charge in [-0.2, -0.15) is 0 Å². The Bertz CT molecular complexity index is 644. The SMILES string of the molecule is C[C@@H]1C[C@@H]1C(=O)NCCC(=O)Nc1cc(F)ccc1N1CCCCC1. The molecule has 2 atom stereocenters. The van der Waals surface area contributed by atoms with Gasteiger partial charge in [-0.15, -0.1) is 0 Å². The van der Waals surface area contributed by atoms with Crippen molar-refractivity contribution in [3.05, 3.63) is 24.0 Å². The van der Waals surface area contributed by atoms with E-state index in [1.165, 1.54) is 18.6 Å². The molecule has 1 saturated carbocycles. The Morgan fingerprint density at radius 1 is 1.24 bits per heavy atom. The minimum Gasteiger partial charge on any atom is -0.370 e. The third kappa shape index (κ3) is 4.71. The first-order valence-electron chi connectivity index (χ1n) is 9.16. The molecule has 1 heterocycles. The Balaban J connectivity index is 1.54. The normalized spacial score (nSPS) is 22.4. The minimum atomic E-state index is -0.368. The highest BCUT2D eigenvalue weighted by Gasteiger charge is 2.38. The summed E-state index contributed by atoms with van der Waals surface area (Å²) in [5.41, 5.74) is 1.37. The Kier molecular flexibility index (Phi) is 5.56. The molecule has 25 heavy (non-hydrogen) atoms. The summed E-state index contributed by atoms with van der Waals surface area (Å²) in [7, 11) is 0. The van der Waals surface area contributed by atoms with Crippen LogP contribution in [0.15, 0.2) is 18.2 Å². The van der Waals surface area contributed by atoms with Gasteiger partial charge in [-0.1, -0.05) is 6.92 Å². The zero-order chi connectivity index (χ0) is 17.8. The van der Waals surface area contributed by atoms with Crippen LogP contribution < -0.4 is 15.5 Å². The predicted octanol–water partition coefficient (Wildman–Crippen LogP) is 2.92. The maximum absolute atomic E-state index is 13.6. The van der Waals surface area contributed by atoms with Gasteiger partial charge in [0.05, 0.1) is 11.4 Å². The van der Waals surface area contributed by atoms with E-state index in [0.717, 1.165) is 38.0 Å². The molecule has 1 saturated heterocycles. The first-order chi connectivity index (χ1) is 12.0. The maximum Gasteiger partial charge on any atom is 0.226 e. The van der Waals surface area contributed by atoms with Crippen LogP contribution in [0.2, 0.25) is 0 Å². The zero-order valence-electron chi connectivity index (χ0n) is 14.7. The standard InChI is InChI=1S/C19H26FN3O2/c1-13-11-15(13)19(25)21-8-7-18(24)22-16-12-14(20)5-6-17(16)23-9-3-2-4-10-23/h5-6,12-13,15H,2-4,7-11H2,1H3,(H,21,25)(H,22,24)/t13-,15+/m1/s1. The first kappa shape index (κ1) is 17.7. The fourth-order valence-corrected chi connectivity index (χ4v) is 3.35. The smallest absolute Gasteiger partial charge is 0.226 e. The van der Waals surface area contributed by atoms with Crippen LogP contribution in [0.25, 0.3) is 0 Å². The third-order valence-electron chi connectivity index (χ3n) is 5.03. The highest BCUT2D eigenvalue weighted by Crippen LogP contribution is 2.37. The van der Waals surface area contributed by atoms with Crippen molar-refractivity contribution in [2.24, 2.45) is 11.8 Å². The van der Waals surface area contributed by atoms with Crippen molar-refractivity contribution in [3.8, 4) is 0 Å². The highest BCUT2D eigenvalue weighted by molar-refractivity contribution is 5.94. The van der Waals surface area contributed by atoms with Gasteiger partial charge in [-0.3, -0.25) is 9.59 Å². The topological polar surface area (TPSA) is 61.4 Å². The van der Waals surface area contributed by atoms with E-state index < -0.39 is 0 Å². The second-order valence-electron chi connectivity index (χ2n) is 7.12. The molecular weight excluding hydrogens is 321 g/mol. The van der Waals surface area contributed by atoms with Gasteiger partial charge in [0.15, 0.2) is 0 Å². The number of piperidine rings is 1. The van der Waals surface area contributed by atoms with Gasteiger partial charge in [-0.05, 0) is 49.8 Å². The van der Waals surface area contributed by atoms with Crippen LogP contribution in [0.3, 0.4) is 0 Å². The predicted molar refractivity (Wildman–Crippen MR) is 96.0 cm³/mol. The molecule has 1 aromatic carbocycles. The van der Waals surface area contributed by atoms with E-state index in [9.17, 15) is 14.0 Å². The molecule has 0 spiro atoms. The van der Waals surface area contributed by atoms with Gasteiger partial charge in [-0.25, -0.2) is 4.39 Å². The lowest BCUT2D eigenvalue weighted by Crippen LogP contribution is -2.31. The van der Waals surface area contributed by atoms with Crippen LogP contribution >= 0.6 is 0 Å². The monoisotopic (exact) mass is 347 g/mol. The van der Waals surface area contributed by atoms with E-state index in [4.69, 9.17) is 0 Å². The van der Waals surface area contributed by atoms with Crippen LogP contribution in [-0.2, 0) is 9.59 Å². The van der Waals surface area contributed by atoms with Crippen LogP contribution in [0.5, 0.6) is 0 Å². The van der Waals surface area contributed by atoms with E-state index in [2.05, 4.69) is 15.5 Å². The van der Waals surface area contributed by atoms with Crippen LogP contribution in [0.1, 0.15) is 39.0 Å². The Hall–Kier alpha value is -2.11. The quantitative estimate of drug-likeness (QED) is 0.832. The molecule has 0 bridgehead atoms. The third-order valence-corrected chi connectivity index (χ3v) is 5.03. The lowest BCUT2D eigenvalue weighted by Gasteiger charge is -2.30. The number of carbonyl (C=O) groups is 2. The molecule has 136 valence electrons. The maximum atomic E-state index is 13.6. The molecule has 1 aliphatic heterocycles. The molecule has 6 heteroatoms. The molecule has 0 unspecified atom stereocenters. The molecule has 2 amide bonds. The molecule has 2 N–H and O–H groups in total. The van der Waals surface area contributed by atoms with E-state index >= 15 is 0 Å². The summed E-state index contributed by atoms with van der Waals surface area (Å²) in [5, 5.41) is 5.60. The number of hydrogen-bond donors (Lipinski definition) is 2. The molecule has 5 nitrogen and oxygen atoms in total. The molecule has 1 aromatic rings. The van der Waals surface area contributed by atoms with Crippen molar-refractivity contribution in [2.75, 3.05) is 29.9 Å². The lowest BCUT2D eigenvalue weighted by molar-refractivity contribution is -0.122. The number of anilines is 2. The Morgan fingerprint density at radius 2 is 1.96 bits per heavy atom. The molecule has 0 radical (unpaired) electrons. The number of nitrogens with zero attached hydrogens (tertiary/aromatic N) is 1. The summed E-state index contributed by atoms with van der Waals surface area (Å²) in [6.45, 7) is 4.19. The highest BCUT2D eigenvalue weighted by atomic mass is 19.1. The molecule has 3 rings (SSSR count). The zero-order valence-corrected chi connectivity index (χ0v) is 14.7. The summed E-state index contributed by atoms with van der Waals surface area (Å²) in [6, 6.07) is 4.52. The summed E-state index contributed by atoms with van der Waals surface area (Å²) < 4.78 is 13.6. The number of hydrogen-bond acceptors (Lipinski definition) is 3. The molecule has 0 aromatic heterocycles. The number of amides is 2. The molecule has 2 fully saturated rings. The van der Waals surface area contributed by atoms with E-state index in [1.54, 1.807) is 6.07 Å². The van der Waals surface area contributed by atoms with Crippen molar-refractivity contribution >= 4 is 23.2 Å². The van der Waals surface area contributed by atoms with Crippen molar-refractivity contribution in [1.29, 1.82) is 0 Å². The molecule has 2 aliphatic rings. The van der Waals surface area contributed by atoms with Crippen molar-refractivity contribution < 1.29 is 14.0 Å². The van der Waals surface area contributed by atoms with Crippen LogP contribution in [0.4, 0.5) is 15.8 Å². The summed E-state index contributed by atoms with van der Waals surface area (Å²) >= 11 is 0. The van der Waals surface area contributed by atoms with E-state index in [0.29, 0.717) is 18.2 Å². The van der Waals surface area contributed by atoms with Gasteiger partial charge >= 0.3 is 0 Å². The van der Waals surface area contributed by atoms with Gasteiger partial charge in [0, 0.05) is 32.0 Å². The molecular formula is C19H26FN3O2. The minimum absolute atomic E-state index is 0.0278. The lowest BCUT2D eigenvalue weighted by atomic mass is 10.1. The fourth-order valence-electron chi connectivity index (χ4n) is 3.35. The number of halogens is 1.